The zero-order valence-corrected chi connectivity index (χ0v) is 20.0. The molecule has 0 atom stereocenters. The molecule has 0 aliphatic carbocycles. The van der Waals surface area contributed by atoms with Crippen LogP contribution in [-0.4, -0.2) is 75.6 Å². The molecule has 1 saturated heterocycles. The van der Waals surface area contributed by atoms with Crippen LogP contribution in [0, 0.1) is 0 Å². The van der Waals surface area contributed by atoms with Gasteiger partial charge >= 0.3 is 6.09 Å². The number of carbonyl (C=O) groups excluding carboxylic acids is 2. The molecule has 2 aliphatic rings. The summed E-state index contributed by atoms with van der Waals surface area (Å²) in [5.74, 6) is 0.937. The van der Waals surface area contributed by atoms with Gasteiger partial charge < -0.3 is 14.5 Å². The molecule has 2 aromatic rings. The summed E-state index contributed by atoms with van der Waals surface area (Å²) >= 11 is 8.79. The summed E-state index contributed by atoms with van der Waals surface area (Å²) in [7, 11) is 0. The summed E-state index contributed by atoms with van der Waals surface area (Å²) in [6.07, 6.45) is 0.398. The number of ether oxygens (including phenoxy) is 1. The number of piperazine rings is 1. The molecule has 0 N–H and O–H groups in total. The number of nitrogens with zero attached hydrogens (tertiary/aromatic N) is 4. The molecular formula is C21H23ClN4O4S2. The molecule has 2 aliphatic heterocycles. The molecule has 0 bridgehead atoms. The quantitative estimate of drug-likeness (QED) is 0.466. The smallest absolute Gasteiger partial charge is 0.409 e. The molecule has 32 heavy (non-hydrogen) atoms. The molecule has 2 amide bonds. The molecule has 8 nitrogen and oxygen atoms in total. The Labute approximate surface area is 199 Å². The van der Waals surface area contributed by atoms with Gasteiger partial charge in [0.25, 0.3) is 5.56 Å². The van der Waals surface area contributed by atoms with E-state index in [-0.39, 0.29) is 23.3 Å². The number of carbonyl (C=O) groups is 2. The zero-order valence-electron chi connectivity index (χ0n) is 17.6. The van der Waals surface area contributed by atoms with E-state index in [1.165, 1.54) is 23.5 Å². The molecule has 170 valence electrons. The molecular weight excluding hydrogens is 472 g/mol. The van der Waals surface area contributed by atoms with Gasteiger partial charge in [-0.05, 0) is 31.2 Å². The third kappa shape index (κ3) is 4.92. The molecule has 0 unspecified atom stereocenters. The van der Waals surface area contributed by atoms with E-state index in [4.69, 9.17) is 21.3 Å². The highest BCUT2D eigenvalue weighted by molar-refractivity contribution is 8.00. The van der Waals surface area contributed by atoms with E-state index >= 15 is 0 Å². The lowest BCUT2D eigenvalue weighted by molar-refractivity contribution is -0.129. The lowest BCUT2D eigenvalue weighted by Gasteiger charge is -2.34. The van der Waals surface area contributed by atoms with Crippen LogP contribution in [0.3, 0.4) is 0 Å². The first kappa shape index (κ1) is 23.0. The fourth-order valence-electron chi connectivity index (χ4n) is 3.58. The maximum absolute atomic E-state index is 13.2. The van der Waals surface area contributed by atoms with Crippen molar-refractivity contribution in [3.05, 3.63) is 45.3 Å². The molecule has 0 spiro atoms. The molecule has 11 heteroatoms. The van der Waals surface area contributed by atoms with Gasteiger partial charge in [0.05, 0.1) is 28.6 Å². The largest absolute Gasteiger partial charge is 0.450 e. The number of hydrogen-bond acceptors (Lipinski definition) is 7. The summed E-state index contributed by atoms with van der Waals surface area (Å²) in [6.45, 7) is 3.89. The Bertz CT molecular complexity index is 1070. The second kappa shape index (κ2) is 10.2. The third-order valence-corrected chi connectivity index (χ3v) is 7.52. The highest BCUT2D eigenvalue weighted by atomic mass is 35.5. The molecule has 0 saturated carbocycles. The van der Waals surface area contributed by atoms with E-state index in [1.54, 1.807) is 45.6 Å². The fraction of sp³-hybridized carbons (Fsp3) is 0.429. The number of rotatable bonds is 5. The second-order valence-corrected chi connectivity index (χ2v) is 9.73. The predicted octanol–water partition coefficient (Wildman–Crippen LogP) is 2.93. The number of aryl methyl sites for hydroxylation is 1. The van der Waals surface area contributed by atoms with Gasteiger partial charge in [-0.1, -0.05) is 23.4 Å². The Balaban J connectivity index is 1.48. The molecule has 1 aromatic carbocycles. The maximum atomic E-state index is 13.2. The zero-order chi connectivity index (χ0) is 22.7. The highest BCUT2D eigenvalue weighted by Crippen LogP contribution is 2.30. The van der Waals surface area contributed by atoms with Crippen LogP contribution in [0.25, 0.3) is 5.69 Å². The fourth-order valence-corrected chi connectivity index (χ4v) is 5.66. The Morgan fingerprint density at radius 1 is 1.16 bits per heavy atom. The van der Waals surface area contributed by atoms with Gasteiger partial charge in [0.1, 0.15) is 0 Å². The molecule has 0 radical (unpaired) electrons. The Morgan fingerprint density at radius 2 is 1.84 bits per heavy atom. The number of thioether (sulfide) groups is 2. The van der Waals surface area contributed by atoms with Gasteiger partial charge in [-0.15, -0.1) is 11.8 Å². The second-order valence-electron chi connectivity index (χ2n) is 7.24. The first-order valence-corrected chi connectivity index (χ1v) is 12.7. The Hall–Kier alpha value is -2.17. The third-order valence-electron chi connectivity index (χ3n) is 5.23. The van der Waals surface area contributed by atoms with Crippen LogP contribution in [0.1, 0.15) is 12.6 Å². The minimum atomic E-state index is -0.346. The normalized spacial score (nSPS) is 15.6. The van der Waals surface area contributed by atoms with Crippen molar-refractivity contribution >= 4 is 47.1 Å². The molecule has 4 rings (SSSR count). The summed E-state index contributed by atoms with van der Waals surface area (Å²) in [4.78, 5) is 46.6. The monoisotopic (exact) mass is 494 g/mol. The Morgan fingerprint density at radius 3 is 2.53 bits per heavy atom. The van der Waals surface area contributed by atoms with Crippen molar-refractivity contribution in [2.75, 3.05) is 44.3 Å². The van der Waals surface area contributed by atoms with Crippen molar-refractivity contribution in [2.24, 2.45) is 0 Å². The van der Waals surface area contributed by atoms with Crippen LogP contribution >= 0.6 is 35.1 Å². The topological polar surface area (TPSA) is 84.7 Å². The Kier molecular flexibility index (Phi) is 7.32. The van der Waals surface area contributed by atoms with E-state index in [0.717, 1.165) is 17.9 Å². The average molecular weight is 495 g/mol. The van der Waals surface area contributed by atoms with Gasteiger partial charge in [-0.2, -0.15) is 0 Å². The van der Waals surface area contributed by atoms with E-state index in [1.807, 2.05) is 0 Å². The van der Waals surface area contributed by atoms with Crippen LogP contribution in [0.15, 0.2) is 39.1 Å². The van der Waals surface area contributed by atoms with Gasteiger partial charge in [0.2, 0.25) is 5.91 Å². The number of fused-ring (bicyclic) bond motifs is 1. The maximum Gasteiger partial charge on any atom is 0.409 e. The number of hydrogen-bond donors (Lipinski definition) is 0. The van der Waals surface area contributed by atoms with Crippen LogP contribution in [0.5, 0.6) is 0 Å². The molecule has 3 heterocycles. The lowest BCUT2D eigenvalue weighted by Crippen LogP contribution is -2.51. The average Bonchev–Trinajstić information content (AvgIpc) is 3.28. The van der Waals surface area contributed by atoms with Gasteiger partial charge in [0.15, 0.2) is 5.16 Å². The first-order valence-electron chi connectivity index (χ1n) is 10.3. The SMILES string of the molecule is CCOC(=O)N1CCN(C(=O)CSc2nc3c(c(=O)n2-c2ccc(Cl)cc2)SCC3)CC1. The minimum absolute atomic E-state index is 0.0507. The highest BCUT2D eigenvalue weighted by Gasteiger charge is 2.26. The van der Waals surface area contributed by atoms with Gasteiger partial charge in [-0.3, -0.25) is 14.2 Å². The van der Waals surface area contributed by atoms with Gasteiger partial charge in [-0.25, -0.2) is 9.78 Å². The predicted molar refractivity (Wildman–Crippen MR) is 125 cm³/mol. The van der Waals surface area contributed by atoms with E-state index in [9.17, 15) is 14.4 Å². The van der Waals surface area contributed by atoms with Crippen molar-refractivity contribution < 1.29 is 14.3 Å². The van der Waals surface area contributed by atoms with Crippen LogP contribution < -0.4 is 5.56 Å². The van der Waals surface area contributed by atoms with Crippen LogP contribution in [-0.2, 0) is 16.0 Å². The lowest BCUT2D eigenvalue weighted by atomic mass is 10.3. The summed E-state index contributed by atoms with van der Waals surface area (Å²) in [5.41, 5.74) is 1.35. The summed E-state index contributed by atoms with van der Waals surface area (Å²) < 4.78 is 6.58. The van der Waals surface area contributed by atoms with Crippen LogP contribution in [0.4, 0.5) is 4.79 Å². The van der Waals surface area contributed by atoms with E-state index in [2.05, 4.69) is 0 Å². The number of benzene rings is 1. The molecule has 1 aromatic heterocycles. The standard InChI is InChI=1S/C21H23ClN4O4S2/c1-2-30-21(29)25-10-8-24(9-11-25)17(27)13-32-20-23-16-7-12-31-18(16)19(28)26(20)15-5-3-14(22)4-6-15/h3-6H,2,7-13H2,1H3. The number of halogens is 1. The van der Waals surface area contributed by atoms with Crippen molar-refractivity contribution in [3.63, 3.8) is 0 Å². The van der Waals surface area contributed by atoms with E-state index in [0.29, 0.717) is 53.5 Å². The van der Waals surface area contributed by atoms with Crippen molar-refractivity contribution in [3.8, 4) is 5.69 Å². The molecule has 1 fully saturated rings. The number of amides is 2. The summed E-state index contributed by atoms with van der Waals surface area (Å²) in [5, 5.41) is 1.08. The number of aromatic nitrogens is 2. The van der Waals surface area contributed by atoms with Crippen LogP contribution in [0.2, 0.25) is 5.02 Å². The first-order chi connectivity index (χ1) is 15.5. The minimum Gasteiger partial charge on any atom is -0.450 e. The van der Waals surface area contributed by atoms with Crippen molar-refractivity contribution in [1.82, 2.24) is 19.4 Å². The van der Waals surface area contributed by atoms with E-state index < -0.39 is 0 Å². The van der Waals surface area contributed by atoms with Gasteiger partial charge in [0, 0.05) is 43.4 Å². The summed E-state index contributed by atoms with van der Waals surface area (Å²) in [6, 6.07) is 7.01. The van der Waals surface area contributed by atoms with Crippen molar-refractivity contribution in [2.45, 2.75) is 23.4 Å². The van der Waals surface area contributed by atoms with Crippen molar-refractivity contribution in [1.29, 1.82) is 0 Å².